The van der Waals surface area contributed by atoms with Crippen LogP contribution in [-0.2, 0) is 6.42 Å². The second-order valence-corrected chi connectivity index (χ2v) is 6.06. The molecule has 2 heterocycles. The number of nitrogens with zero attached hydrogens (tertiary/aromatic N) is 2. The highest BCUT2D eigenvalue weighted by Crippen LogP contribution is 2.32. The van der Waals surface area contributed by atoms with E-state index >= 15 is 0 Å². The first-order valence-electron chi connectivity index (χ1n) is 8.27. The summed E-state index contributed by atoms with van der Waals surface area (Å²) in [4.78, 5) is 14.5. The zero-order valence-corrected chi connectivity index (χ0v) is 13.7. The van der Waals surface area contributed by atoms with E-state index in [4.69, 9.17) is 4.52 Å². The number of urea groups is 1. The molecule has 0 spiro atoms. The highest BCUT2D eigenvalue weighted by molar-refractivity contribution is 5.90. The Morgan fingerprint density at radius 2 is 2.26 bits per heavy atom. The summed E-state index contributed by atoms with van der Waals surface area (Å²) >= 11 is 0. The Morgan fingerprint density at radius 3 is 3.04 bits per heavy atom. The Balaban J connectivity index is 1.73. The van der Waals surface area contributed by atoms with Crippen molar-refractivity contribution in [1.29, 1.82) is 0 Å². The van der Waals surface area contributed by atoms with Crippen molar-refractivity contribution in [3.63, 3.8) is 0 Å². The Hall–Kier alpha value is -2.30. The smallest absolute Gasteiger partial charge is 0.322 e. The van der Waals surface area contributed by atoms with Crippen LogP contribution in [0.3, 0.4) is 0 Å². The fourth-order valence-corrected chi connectivity index (χ4v) is 3.07. The highest BCUT2D eigenvalue weighted by atomic mass is 16.5. The van der Waals surface area contributed by atoms with Gasteiger partial charge < -0.3 is 14.7 Å². The molecule has 1 N–H and O–H groups in total. The van der Waals surface area contributed by atoms with Gasteiger partial charge in [-0.2, -0.15) is 0 Å². The molecule has 2 aromatic rings. The number of aromatic nitrogens is 1. The minimum atomic E-state index is -0.0677. The molecule has 1 aliphatic heterocycles. The van der Waals surface area contributed by atoms with E-state index in [0.29, 0.717) is 0 Å². The normalized spacial score (nSPS) is 17.5. The van der Waals surface area contributed by atoms with E-state index in [1.807, 2.05) is 42.2 Å². The molecule has 5 nitrogen and oxygen atoms in total. The molecular weight excluding hydrogens is 290 g/mol. The molecule has 122 valence electrons. The van der Waals surface area contributed by atoms with Crippen LogP contribution in [0.5, 0.6) is 0 Å². The van der Waals surface area contributed by atoms with Crippen LogP contribution in [0.1, 0.15) is 49.2 Å². The molecule has 23 heavy (non-hydrogen) atoms. The van der Waals surface area contributed by atoms with Crippen LogP contribution in [0.4, 0.5) is 10.5 Å². The van der Waals surface area contributed by atoms with Gasteiger partial charge in [-0.05, 0) is 37.8 Å². The zero-order valence-electron chi connectivity index (χ0n) is 13.7. The number of likely N-dealkylation sites (tertiary alicyclic amines) is 1. The summed E-state index contributed by atoms with van der Waals surface area (Å²) in [5.41, 5.74) is 2.78. The average Bonchev–Trinajstić information content (AvgIpc) is 3.18. The lowest BCUT2D eigenvalue weighted by Crippen LogP contribution is -2.34. The van der Waals surface area contributed by atoms with E-state index in [0.717, 1.165) is 54.9 Å². The third-order valence-electron chi connectivity index (χ3n) is 4.32. The molecular formula is C18H23N3O2. The van der Waals surface area contributed by atoms with Gasteiger partial charge in [0.1, 0.15) is 11.5 Å². The summed E-state index contributed by atoms with van der Waals surface area (Å²) in [6.07, 6.45) is 3.83. The van der Waals surface area contributed by atoms with E-state index in [1.165, 1.54) is 0 Å². The maximum atomic E-state index is 12.6. The van der Waals surface area contributed by atoms with Crippen LogP contribution in [0.15, 0.2) is 34.9 Å². The number of amides is 2. The van der Waals surface area contributed by atoms with E-state index in [-0.39, 0.29) is 12.1 Å². The molecule has 1 aromatic heterocycles. The van der Waals surface area contributed by atoms with Crippen LogP contribution in [-0.4, -0.2) is 22.6 Å². The van der Waals surface area contributed by atoms with Gasteiger partial charge in [0, 0.05) is 24.7 Å². The lowest BCUT2D eigenvalue weighted by Gasteiger charge is -2.23. The first-order valence-corrected chi connectivity index (χ1v) is 8.27. The number of nitrogens with one attached hydrogen (secondary N) is 1. The third kappa shape index (κ3) is 3.38. The molecule has 0 aliphatic carbocycles. The van der Waals surface area contributed by atoms with Crippen LogP contribution in [0.2, 0.25) is 0 Å². The molecule has 0 saturated carbocycles. The number of benzene rings is 1. The standard InChI is InChI=1S/C18H23N3O2/c1-3-7-14-12-16(20-23-14)17-10-6-11-21(17)18(22)19-15-9-5-4-8-13(15)2/h4-5,8-9,12,17H,3,6-7,10-11H2,1-2H3,(H,19,22). The van der Waals surface area contributed by atoms with Crippen molar-refractivity contribution >= 4 is 11.7 Å². The van der Waals surface area contributed by atoms with Gasteiger partial charge in [0.25, 0.3) is 0 Å². The van der Waals surface area contributed by atoms with Crippen molar-refractivity contribution in [2.45, 2.75) is 45.6 Å². The number of carbonyl (C=O) groups is 1. The van der Waals surface area contributed by atoms with Gasteiger partial charge in [0.05, 0.1) is 6.04 Å². The Morgan fingerprint density at radius 1 is 1.43 bits per heavy atom. The molecule has 1 aromatic carbocycles. The summed E-state index contributed by atoms with van der Waals surface area (Å²) in [7, 11) is 0. The Labute approximate surface area is 136 Å². The molecule has 1 unspecified atom stereocenters. The van der Waals surface area contributed by atoms with Gasteiger partial charge >= 0.3 is 6.03 Å². The summed E-state index contributed by atoms with van der Waals surface area (Å²) in [5.74, 6) is 0.897. The number of anilines is 1. The molecule has 1 atom stereocenters. The predicted octanol–water partition coefficient (Wildman–Crippen LogP) is 4.30. The highest BCUT2D eigenvalue weighted by Gasteiger charge is 2.32. The van der Waals surface area contributed by atoms with Crippen LogP contribution >= 0.6 is 0 Å². The topological polar surface area (TPSA) is 58.4 Å². The van der Waals surface area contributed by atoms with Crippen molar-refractivity contribution < 1.29 is 9.32 Å². The molecule has 1 saturated heterocycles. The second-order valence-electron chi connectivity index (χ2n) is 6.06. The van der Waals surface area contributed by atoms with E-state index in [9.17, 15) is 4.79 Å². The van der Waals surface area contributed by atoms with E-state index in [1.54, 1.807) is 0 Å². The van der Waals surface area contributed by atoms with E-state index in [2.05, 4.69) is 17.4 Å². The van der Waals surface area contributed by atoms with Crippen molar-refractivity contribution in [1.82, 2.24) is 10.1 Å². The van der Waals surface area contributed by atoms with Gasteiger partial charge in [0.15, 0.2) is 0 Å². The van der Waals surface area contributed by atoms with Gasteiger partial charge in [-0.25, -0.2) is 4.79 Å². The fraction of sp³-hybridized carbons (Fsp3) is 0.444. The van der Waals surface area contributed by atoms with Crippen LogP contribution in [0, 0.1) is 6.92 Å². The van der Waals surface area contributed by atoms with Crippen LogP contribution in [0.25, 0.3) is 0 Å². The van der Waals surface area contributed by atoms with Gasteiger partial charge in [-0.1, -0.05) is 30.3 Å². The summed E-state index contributed by atoms with van der Waals surface area (Å²) in [5, 5.41) is 7.19. The minimum Gasteiger partial charge on any atom is -0.361 e. The molecule has 0 radical (unpaired) electrons. The largest absolute Gasteiger partial charge is 0.361 e. The number of rotatable bonds is 4. The van der Waals surface area contributed by atoms with Crippen molar-refractivity contribution in [2.24, 2.45) is 0 Å². The fourth-order valence-electron chi connectivity index (χ4n) is 3.07. The zero-order chi connectivity index (χ0) is 16.2. The number of hydrogen-bond donors (Lipinski definition) is 1. The molecule has 5 heteroatoms. The van der Waals surface area contributed by atoms with Crippen molar-refractivity contribution in [3.8, 4) is 0 Å². The minimum absolute atomic E-state index is 0.00775. The molecule has 1 aliphatic rings. The summed E-state index contributed by atoms with van der Waals surface area (Å²) in [6, 6.07) is 9.75. The first kappa shape index (κ1) is 15.6. The second kappa shape index (κ2) is 6.86. The van der Waals surface area contributed by atoms with Gasteiger partial charge in [-0.3, -0.25) is 0 Å². The van der Waals surface area contributed by atoms with Crippen LogP contribution < -0.4 is 5.32 Å². The Kier molecular flexibility index (Phi) is 4.65. The SMILES string of the molecule is CCCc1cc(C2CCCN2C(=O)Nc2ccccc2C)no1. The monoisotopic (exact) mass is 313 g/mol. The maximum absolute atomic E-state index is 12.6. The lowest BCUT2D eigenvalue weighted by molar-refractivity contribution is 0.204. The first-order chi connectivity index (χ1) is 11.2. The molecule has 1 fully saturated rings. The third-order valence-corrected chi connectivity index (χ3v) is 4.32. The summed E-state index contributed by atoms with van der Waals surface area (Å²) in [6.45, 7) is 4.85. The number of carbonyl (C=O) groups excluding carboxylic acids is 1. The molecule has 3 rings (SSSR count). The average molecular weight is 313 g/mol. The van der Waals surface area contributed by atoms with Gasteiger partial charge in [0.2, 0.25) is 0 Å². The summed E-state index contributed by atoms with van der Waals surface area (Å²) < 4.78 is 5.37. The molecule has 0 bridgehead atoms. The lowest BCUT2D eigenvalue weighted by atomic mass is 10.1. The number of para-hydroxylation sites is 1. The predicted molar refractivity (Wildman–Crippen MR) is 89.4 cm³/mol. The van der Waals surface area contributed by atoms with Crippen molar-refractivity contribution in [2.75, 3.05) is 11.9 Å². The number of aryl methyl sites for hydroxylation is 2. The van der Waals surface area contributed by atoms with E-state index < -0.39 is 0 Å². The number of hydrogen-bond acceptors (Lipinski definition) is 3. The van der Waals surface area contributed by atoms with Gasteiger partial charge in [-0.15, -0.1) is 0 Å². The van der Waals surface area contributed by atoms with Crippen molar-refractivity contribution in [3.05, 3.63) is 47.3 Å². The molecule has 2 amide bonds. The quantitative estimate of drug-likeness (QED) is 0.915. The Bertz CT molecular complexity index is 680. The maximum Gasteiger partial charge on any atom is 0.322 e.